The zero-order chi connectivity index (χ0) is 6.91. The maximum atomic E-state index is 9.36. The fourth-order valence-corrected chi connectivity index (χ4v) is 2.34. The molecule has 0 radical (unpaired) electrons. The molecule has 1 nitrogen and oxygen atoms in total. The van der Waals surface area contributed by atoms with E-state index in [0.717, 1.165) is 11.5 Å². The van der Waals surface area contributed by atoms with Crippen LogP contribution in [0.5, 0.6) is 0 Å². The van der Waals surface area contributed by atoms with E-state index in [2.05, 4.69) is 6.58 Å². The molecule has 1 rings (SSSR count). The van der Waals surface area contributed by atoms with E-state index in [9.17, 15) is 5.11 Å². The lowest BCUT2D eigenvalue weighted by Gasteiger charge is -2.21. The number of hydrogen-bond acceptors (Lipinski definition) is 2. The molecule has 0 bridgehead atoms. The molecular weight excluding hydrogens is 132 g/mol. The van der Waals surface area contributed by atoms with Gasteiger partial charge in [-0.2, -0.15) is 11.8 Å². The number of thioether (sulfide) groups is 1. The number of rotatable bonds is 1. The Bertz CT molecular complexity index is 124. The van der Waals surface area contributed by atoms with Crippen LogP contribution in [0.1, 0.15) is 6.92 Å². The highest BCUT2D eigenvalue weighted by Crippen LogP contribution is 2.36. The molecule has 0 aromatic heterocycles. The van der Waals surface area contributed by atoms with Crippen LogP contribution in [0.25, 0.3) is 0 Å². The van der Waals surface area contributed by atoms with Crippen molar-refractivity contribution in [2.45, 2.75) is 13.0 Å². The van der Waals surface area contributed by atoms with Gasteiger partial charge in [-0.3, -0.25) is 0 Å². The van der Waals surface area contributed by atoms with E-state index in [4.69, 9.17) is 0 Å². The van der Waals surface area contributed by atoms with Crippen molar-refractivity contribution in [1.82, 2.24) is 0 Å². The third-order valence-electron chi connectivity index (χ3n) is 1.92. The monoisotopic (exact) mass is 144 g/mol. The van der Waals surface area contributed by atoms with E-state index >= 15 is 0 Å². The molecule has 1 saturated heterocycles. The van der Waals surface area contributed by atoms with Gasteiger partial charge in [0.2, 0.25) is 0 Å². The number of aliphatic hydroxyl groups excluding tert-OH is 1. The molecule has 1 fully saturated rings. The molecule has 0 aromatic carbocycles. The molecule has 1 N–H and O–H groups in total. The van der Waals surface area contributed by atoms with Gasteiger partial charge in [-0.1, -0.05) is 13.0 Å². The summed E-state index contributed by atoms with van der Waals surface area (Å²) in [6.45, 7) is 5.74. The van der Waals surface area contributed by atoms with Crippen molar-refractivity contribution in [1.29, 1.82) is 0 Å². The van der Waals surface area contributed by atoms with Crippen molar-refractivity contribution in [2.75, 3.05) is 11.5 Å². The van der Waals surface area contributed by atoms with E-state index in [1.807, 2.05) is 13.0 Å². The molecule has 0 amide bonds. The molecule has 0 spiro atoms. The summed E-state index contributed by atoms with van der Waals surface area (Å²) in [7, 11) is 0. The first-order chi connectivity index (χ1) is 4.19. The van der Waals surface area contributed by atoms with Crippen molar-refractivity contribution < 1.29 is 5.11 Å². The van der Waals surface area contributed by atoms with Crippen molar-refractivity contribution in [3.63, 3.8) is 0 Å². The molecule has 1 aliphatic heterocycles. The Morgan fingerprint density at radius 1 is 1.89 bits per heavy atom. The SMILES string of the molecule is C=CC1(C)CSCC1O. The number of hydrogen-bond donors (Lipinski definition) is 1. The van der Waals surface area contributed by atoms with Crippen molar-refractivity contribution >= 4 is 11.8 Å². The Morgan fingerprint density at radius 3 is 2.78 bits per heavy atom. The molecule has 2 unspecified atom stereocenters. The average molecular weight is 144 g/mol. The lowest BCUT2D eigenvalue weighted by molar-refractivity contribution is 0.116. The van der Waals surface area contributed by atoms with Crippen molar-refractivity contribution in [2.24, 2.45) is 5.41 Å². The third kappa shape index (κ3) is 1.14. The molecule has 0 aromatic rings. The first-order valence-electron chi connectivity index (χ1n) is 3.08. The smallest absolute Gasteiger partial charge is 0.0726 e. The third-order valence-corrected chi connectivity index (χ3v) is 3.29. The van der Waals surface area contributed by atoms with Crippen LogP contribution in [-0.4, -0.2) is 22.7 Å². The minimum Gasteiger partial charge on any atom is -0.391 e. The first-order valence-corrected chi connectivity index (χ1v) is 4.24. The minimum atomic E-state index is -0.181. The fraction of sp³-hybridized carbons (Fsp3) is 0.714. The highest BCUT2D eigenvalue weighted by Gasteiger charge is 2.34. The summed E-state index contributed by atoms with van der Waals surface area (Å²) in [6.07, 6.45) is 1.68. The Balaban J connectivity index is 2.66. The minimum absolute atomic E-state index is 0.0231. The van der Waals surface area contributed by atoms with E-state index in [-0.39, 0.29) is 11.5 Å². The normalized spacial score (nSPS) is 43.1. The van der Waals surface area contributed by atoms with E-state index < -0.39 is 0 Å². The van der Waals surface area contributed by atoms with Crippen molar-refractivity contribution in [3.05, 3.63) is 12.7 Å². The standard InChI is InChI=1S/C7H12OS/c1-3-7(2)5-9-4-6(7)8/h3,6,8H,1,4-5H2,2H3. The summed E-state index contributed by atoms with van der Waals surface area (Å²) >= 11 is 1.79. The average Bonchev–Trinajstić information content (AvgIpc) is 2.15. The van der Waals surface area contributed by atoms with Crippen LogP contribution >= 0.6 is 11.8 Å². The molecule has 52 valence electrons. The van der Waals surface area contributed by atoms with Crippen LogP contribution in [0, 0.1) is 5.41 Å². The van der Waals surface area contributed by atoms with E-state index in [0.29, 0.717) is 0 Å². The zero-order valence-corrected chi connectivity index (χ0v) is 6.45. The van der Waals surface area contributed by atoms with Gasteiger partial charge in [-0.25, -0.2) is 0 Å². The van der Waals surface area contributed by atoms with Gasteiger partial charge in [-0.05, 0) is 0 Å². The summed E-state index contributed by atoms with van der Waals surface area (Å²) in [5.74, 6) is 1.88. The summed E-state index contributed by atoms with van der Waals surface area (Å²) in [5.41, 5.74) is -0.0231. The maximum Gasteiger partial charge on any atom is 0.0726 e. The topological polar surface area (TPSA) is 20.2 Å². The molecule has 0 saturated carbocycles. The van der Waals surface area contributed by atoms with Gasteiger partial charge in [-0.15, -0.1) is 6.58 Å². The van der Waals surface area contributed by atoms with Gasteiger partial charge in [0.05, 0.1) is 6.10 Å². The van der Waals surface area contributed by atoms with Crippen molar-refractivity contribution in [3.8, 4) is 0 Å². The summed E-state index contributed by atoms with van der Waals surface area (Å²) < 4.78 is 0. The second kappa shape index (κ2) is 2.35. The molecule has 2 heteroatoms. The van der Waals surface area contributed by atoms with Gasteiger partial charge in [0.25, 0.3) is 0 Å². The van der Waals surface area contributed by atoms with Crippen LogP contribution in [0.3, 0.4) is 0 Å². The lowest BCUT2D eigenvalue weighted by Crippen LogP contribution is -2.27. The highest BCUT2D eigenvalue weighted by atomic mass is 32.2. The molecule has 2 atom stereocenters. The Labute approximate surface area is 60.2 Å². The van der Waals surface area contributed by atoms with Gasteiger partial charge in [0, 0.05) is 16.9 Å². The maximum absolute atomic E-state index is 9.36. The quantitative estimate of drug-likeness (QED) is 0.559. The van der Waals surface area contributed by atoms with E-state index in [1.54, 1.807) is 11.8 Å². The molecule has 9 heavy (non-hydrogen) atoms. The lowest BCUT2D eigenvalue weighted by atomic mass is 9.88. The van der Waals surface area contributed by atoms with Gasteiger partial charge in [0.15, 0.2) is 0 Å². The first kappa shape index (κ1) is 7.16. The molecule has 0 aliphatic carbocycles. The largest absolute Gasteiger partial charge is 0.391 e. The highest BCUT2D eigenvalue weighted by molar-refractivity contribution is 7.99. The van der Waals surface area contributed by atoms with E-state index in [1.165, 1.54) is 0 Å². The predicted molar refractivity (Wildman–Crippen MR) is 41.6 cm³/mol. The van der Waals surface area contributed by atoms with Crippen LogP contribution in [-0.2, 0) is 0 Å². The van der Waals surface area contributed by atoms with Gasteiger partial charge in [0.1, 0.15) is 0 Å². The van der Waals surface area contributed by atoms with Crippen LogP contribution in [0.4, 0.5) is 0 Å². The van der Waals surface area contributed by atoms with Crippen LogP contribution < -0.4 is 0 Å². The Morgan fingerprint density at radius 2 is 2.56 bits per heavy atom. The summed E-state index contributed by atoms with van der Waals surface area (Å²) in [4.78, 5) is 0. The summed E-state index contributed by atoms with van der Waals surface area (Å²) in [5, 5.41) is 9.36. The number of aliphatic hydroxyl groups is 1. The Hall–Kier alpha value is 0.0500. The fourth-order valence-electron chi connectivity index (χ4n) is 0.872. The zero-order valence-electron chi connectivity index (χ0n) is 5.63. The second-order valence-electron chi connectivity index (χ2n) is 2.74. The molecular formula is C7H12OS. The van der Waals surface area contributed by atoms with Crippen LogP contribution in [0.15, 0.2) is 12.7 Å². The predicted octanol–water partition coefficient (Wildman–Crippen LogP) is 1.29. The molecule has 1 heterocycles. The van der Waals surface area contributed by atoms with Gasteiger partial charge >= 0.3 is 0 Å². The summed E-state index contributed by atoms with van der Waals surface area (Å²) in [6, 6.07) is 0. The molecule has 1 aliphatic rings. The van der Waals surface area contributed by atoms with Gasteiger partial charge < -0.3 is 5.11 Å². The van der Waals surface area contributed by atoms with Crippen LogP contribution in [0.2, 0.25) is 0 Å². The Kier molecular flexibility index (Phi) is 1.87. The second-order valence-corrected chi connectivity index (χ2v) is 3.77.